The van der Waals surface area contributed by atoms with Crippen molar-refractivity contribution in [1.82, 2.24) is 5.32 Å². The number of ketones is 1. The van der Waals surface area contributed by atoms with E-state index in [0.29, 0.717) is 22.0 Å². The molecule has 2 aromatic carbocycles. The lowest BCUT2D eigenvalue weighted by molar-refractivity contribution is -0.129. The summed E-state index contributed by atoms with van der Waals surface area (Å²) in [7, 11) is 0. The van der Waals surface area contributed by atoms with E-state index in [9.17, 15) is 9.59 Å². The monoisotopic (exact) mass is 443 g/mol. The fourth-order valence-corrected chi connectivity index (χ4v) is 6.16. The van der Waals surface area contributed by atoms with E-state index in [1.807, 2.05) is 31.2 Å². The Kier molecular flexibility index (Phi) is 5.71. The Labute approximate surface area is 188 Å². The summed E-state index contributed by atoms with van der Waals surface area (Å²) in [5.41, 5.74) is 2.48. The summed E-state index contributed by atoms with van der Waals surface area (Å²) >= 11 is 12.9. The predicted molar refractivity (Wildman–Crippen MR) is 121 cm³/mol. The van der Waals surface area contributed by atoms with Crippen molar-refractivity contribution in [2.45, 2.75) is 57.9 Å². The van der Waals surface area contributed by atoms with E-state index in [4.69, 9.17) is 23.2 Å². The van der Waals surface area contributed by atoms with Crippen LogP contribution >= 0.6 is 23.2 Å². The van der Waals surface area contributed by atoms with Gasteiger partial charge in [0, 0.05) is 34.0 Å². The Morgan fingerprint density at radius 1 is 1.17 bits per heavy atom. The molecule has 0 spiro atoms. The molecule has 2 aliphatic rings. The molecule has 0 bridgehead atoms. The van der Waals surface area contributed by atoms with Gasteiger partial charge in [-0.25, -0.2) is 0 Å². The van der Waals surface area contributed by atoms with Crippen molar-refractivity contribution >= 4 is 34.9 Å². The summed E-state index contributed by atoms with van der Waals surface area (Å²) in [5, 5.41) is 4.51. The van der Waals surface area contributed by atoms with Crippen molar-refractivity contribution in [3.8, 4) is 0 Å². The molecule has 2 aromatic rings. The molecule has 30 heavy (non-hydrogen) atoms. The Morgan fingerprint density at radius 2 is 1.87 bits per heavy atom. The highest BCUT2D eigenvalue weighted by Crippen LogP contribution is 2.59. The number of rotatable bonds is 4. The molecule has 0 aromatic heterocycles. The third kappa shape index (κ3) is 3.46. The average molecular weight is 444 g/mol. The summed E-state index contributed by atoms with van der Waals surface area (Å²) in [6, 6.07) is 13.8. The van der Waals surface area contributed by atoms with Gasteiger partial charge in [-0.05, 0) is 60.9 Å². The fraction of sp³-hybridized carbons (Fsp3) is 0.440. The third-order valence-electron chi connectivity index (χ3n) is 7.24. The van der Waals surface area contributed by atoms with Gasteiger partial charge in [-0.1, -0.05) is 61.3 Å². The number of Topliss-reactive ketones (excluding diaryl/α,β-unsaturated/α-hetero) is 1. The van der Waals surface area contributed by atoms with Gasteiger partial charge in [-0.2, -0.15) is 0 Å². The molecule has 1 N–H and O–H groups in total. The molecule has 5 atom stereocenters. The minimum absolute atomic E-state index is 0.0747. The van der Waals surface area contributed by atoms with Gasteiger partial charge in [0.05, 0.1) is 5.41 Å². The number of amides is 1. The van der Waals surface area contributed by atoms with Crippen molar-refractivity contribution in [1.29, 1.82) is 0 Å². The molecular weight excluding hydrogens is 417 g/mol. The van der Waals surface area contributed by atoms with Crippen molar-refractivity contribution in [2.75, 3.05) is 0 Å². The molecule has 1 aliphatic heterocycles. The highest BCUT2D eigenvalue weighted by atomic mass is 35.5. The van der Waals surface area contributed by atoms with Crippen LogP contribution in [0, 0.1) is 11.3 Å². The summed E-state index contributed by atoms with van der Waals surface area (Å²) in [5.74, 6) is 0.677. The van der Waals surface area contributed by atoms with E-state index in [2.05, 4.69) is 31.3 Å². The SMILES string of the molecule is CCC(=O)c1ccc(C2CCC3(C)C(=O)NC(C)C3C2c2ccc(Cl)cc2)c(Cl)c1. The highest BCUT2D eigenvalue weighted by Gasteiger charge is 2.57. The number of nitrogens with one attached hydrogen (secondary N) is 1. The number of carbonyl (C=O) groups is 2. The first kappa shape index (κ1) is 21.4. The molecule has 2 fully saturated rings. The molecule has 1 heterocycles. The molecule has 1 aliphatic carbocycles. The highest BCUT2D eigenvalue weighted by molar-refractivity contribution is 6.32. The van der Waals surface area contributed by atoms with Crippen molar-refractivity contribution in [2.24, 2.45) is 11.3 Å². The number of hydrogen-bond donors (Lipinski definition) is 1. The minimum atomic E-state index is -0.398. The Hall–Kier alpha value is -1.84. The second-order valence-electron chi connectivity index (χ2n) is 8.94. The lowest BCUT2D eigenvalue weighted by Gasteiger charge is -2.46. The number of benzene rings is 2. The zero-order chi connectivity index (χ0) is 21.6. The van der Waals surface area contributed by atoms with E-state index in [0.717, 1.165) is 18.4 Å². The molecule has 3 nitrogen and oxygen atoms in total. The molecule has 0 radical (unpaired) electrons. The lowest BCUT2D eigenvalue weighted by atomic mass is 9.56. The molecule has 5 heteroatoms. The average Bonchev–Trinajstić information content (AvgIpc) is 2.96. The van der Waals surface area contributed by atoms with Crippen LogP contribution in [-0.4, -0.2) is 17.7 Å². The van der Waals surface area contributed by atoms with Crippen LogP contribution in [0.15, 0.2) is 42.5 Å². The van der Waals surface area contributed by atoms with Crippen LogP contribution in [0.5, 0.6) is 0 Å². The second kappa shape index (κ2) is 8.01. The van der Waals surface area contributed by atoms with Gasteiger partial charge in [0.25, 0.3) is 0 Å². The van der Waals surface area contributed by atoms with Gasteiger partial charge >= 0.3 is 0 Å². The summed E-state index contributed by atoms with van der Waals surface area (Å²) in [6.45, 7) is 6.05. The van der Waals surface area contributed by atoms with Crippen LogP contribution < -0.4 is 5.32 Å². The first-order chi connectivity index (χ1) is 14.3. The van der Waals surface area contributed by atoms with Crippen molar-refractivity contribution in [3.63, 3.8) is 0 Å². The molecule has 1 amide bonds. The molecule has 158 valence electrons. The normalized spacial score (nSPS) is 30.6. The maximum atomic E-state index is 12.8. The van der Waals surface area contributed by atoms with E-state index in [1.54, 1.807) is 6.07 Å². The largest absolute Gasteiger partial charge is 0.353 e. The van der Waals surface area contributed by atoms with E-state index < -0.39 is 5.41 Å². The zero-order valence-electron chi connectivity index (χ0n) is 17.5. The van der Waals surface area contributed by atoms with Gasteiger partial charge < -0.3 is 5.32 Å². The van der Waals surface area contributed by atoms with Crippen molar-refractivity contribution < 1.29 is 9.59 Å². The Balaban J connectivity index is 1.81. The minimum Gasteiger partial charge on any atom is -0.353 e. The topological polar surface area (TPSA) is 46.2 Å². The third-order valence-corrected chi connectivity index (χ3v) is 7.82. The van der Waals surface area contributed by atoms with Crippen molar-refractivity contribution in [3.05, 3.63) is 69.2 Å². The second-order valence-corrected chi connectivity index (χ2v) is 9.78. The van der Waals surface area contributed by atoms with Crippen LogP contribution in [0.4, 0.5) is 0 Å². The molecule has 5 unspecified atom stereocenters. The first-order valence-electron chi connectivity index (χ1n) is 10.7. The zero-order valence-corrected chi connectivity index (χ0v) is 19.1. The number of carbonyl (C=O) groups excluding carboxylic acids is 2. The summed E-state index contributed by atoms with van der Waals surface area (Å²) < 4.78 is 0. The molecular formula is C25H27Cl2NO2. The van der Waals surface area contributed by atoms with Gasteiger partial charge in [-0.3, -0.25) is 9.59 Å². The summed E-state index contributed by atoms with van der Waals surface area (Å²) in [6.07, 6.45) is 2.13. The number of hydrogen-bond acceptors (Lipinski definition) is 2. The van der Waals surface area contributed by atoms with E-state index >= 15 is 0 Å². The smallest absolute Gasteiger partial charge is 0.226 e. The quantitative estimate of drug-likeness (QED) is 0.556. The van der Waals surface area contributed by atoms with Gasteiger partial charge in [0.15, 0.2) is 5.78 Å². The number of fused-ring (bicyclic) bond motifs is 1. The van der Waals surface area contributed by atoms with E-state index in [-0.39, 0.29) is 35.5 Å². The van der Waals surface area contributed by atoms with Gasteiger partial charge in [0.1, 0.15) is 0 Å². The molecule has 1 saturated carbocycles. The van der Waals surface area contributed by atoms with E-state index in [1.165, 1.54) is 5.56 Å². The maximum absolute atomic E-state index is 12.8. The first-order valence-corrected chi connectivity index (χ1v) is 11.4. The molecule has 1 saturated heterocycles. The van der Waals surface area contributed by atoms with Crippen LogP contribution in [-0.2, 0) is 4.79 Å². The van der Waals surface area contributed by atoms with Crippen LogP contribution in [0.2, 0.25) is 10.0 Å². The molecule has 4 rings (SSSR count). The fourth-order valence-electron chi connectivity index (χ4n) is 5.72. The predicted octanol–water partition coefficient (Wildman–Crippen LogP) is 6.39. The van der Waals surface area contributed by atoms with Gasteiger partial charge in [0.2, 0.25) is 5.91 Å². The van der Waals surface area contributed by atoms with Gasteiger partial charge in [-0.15, -0.1) is 0 Å². The van der Waals surface area contributed by atoms with Crippen LogP contribution in [0.1, 0.15) is 73.4 Å². The lowest BCUT2D eigenvalue weighted by Crippen LogP contribution is -2.42. The Bertz CT molecular complexity index is 987. The number of halogens is 2. The maximum Gasteiger partial charge on any atom is 0.226 e. The standard InChI is InChI=1S/C25H27Cl2NO2/c1-4-21(29)16-7-10-18(20(27)13-16)19-11-12-25(3)23(14(2)28-24(25)30)22(19)15-5-8-17(26)9-6-15/h5-10,13-14,19,22-23H,4,11-12H2,1-3H3,(H,28,30). The Morgan fingerprint density at radius 3 is 2.50 bits per heavy atom. The summed E-state index contributed by atoms with van der Waals surface area (Å²) in [4.78, 5) is 25.0. The van der Waals surface area contributed by atoms with Crippen LogP contribution in [0.3, 0.4) is 0 Å². The van der Waals surface area contributed by atoms with Crippen LogP contribution in [0.25, 0.3) is 0 Å².